The van der Waals surface area contributed by atoms with Gasteiger partial charge in [0.05, 0.1) is 11.1 Å². The maximum Gasteiger partial charge on any atom is 0.416 e. The molecule has 29 heavy (non-hydrogen) atoms. The van der Waals surface area contributed by atoms with E-state index >= 15 is 0 Å². The minimum Gasteiger partial charge on any atom is -0.370 e. The van der Waals surface area contributed by atoms with Crippen molar-refractivity contribution in [3.8, 4) is 6.07 Å². The summed E-state index contributed by atoms with van der Waals surface area (Å²) in [6.45, 7) is 2.85. The lowest BCUT2D eigenvalue weighted by atomic mass is 10.0. The number of rotatable bonds is 6. The number of alkyl halides is 3. The highest BCUT2D eigenvalue weighted by Crippen LogP contribution is 2.35. The number of nitrogens with one attached hydrogen (secondary N) is 3. The van der Waals surface area contributed by atoms with Crippen molar-refractivity contribution in [3.05, 3.63) is 70.7 Å². The SMILES string of the molecule is CC1=C(NCCNc2ccc(C#N)cn2)NC(c2ccccc2C(F)(F)F)N=C1. The minimum atomic E-state index is -4.45. The lowest BCUT2D eigenvalue weighted by Crippen LogP contribution is -2.36. The van der Waals surface area contributed by atoms with Gasteiger partial charge in [-0.05, 0) is 25.1 Å². The molecule has 9 heteroatoms. The third-order valence-electron chi connectivity index (χ3n) is 4.28. The van der Waals surface area contributed by atoms with Gasteiger partial charge in [0.1, 0.15) is 23.9 Å². The van der Waals surface area contributed by atoms with Crippen LogP contribution in [0, 0.1) is 11.3 Å². The Kier molecular flexibility index (Phi) is 6.02. The van der Waals surface area contributed by atoms with Crippen molar-refractivity contribution in [2.45, 2.75) is 19.3 Å². The molecule has 6 nitrogen and oxygen atoms in total. The summed E-state index contributed by atoms with van der Waals surface area (Å²) >= 11 is 0. The number of aliphatic imine (C=N–C) groups is 1. The predicted octanol–water partition coefficient (Wildman–Crippen LogP) is 3.58. The molecule has 0 spiro atoms. The molecule has 1 aliphatic rings. The summed E-state index contributed by atoms with van der Waals surface area (Å²) in [5.74, 6) is 1.25. The standard InChI is InChI=1S/C20H19F3N6/c1-13-11-28-19(15-4-2-3-5-16(15)20(21,22)23)29-18(13)26-9-8-25-17-7-6-14(10-24)12-27-17/h2-7,11-12,19,26,29H,8-9H2,1H3,(H,25,27). The third-order valence-corrected chi connectivity index (χ3v) is 4.28. The van der Waals surface area contributed by atoms with Crippen LogP contribution in [0.3, 0.4) is 0 Å². The highest BCUT2D eigenvalue weighted by Gasteiger charge is 2.35. The Morgan fingerprint density at radius 1 is 1.14 bits per heavy atom. The molecule has 1 aromatic carbocycles. The molecular formula is C20H19F3N6. The molecule has 2 heterocycles. The zero-order chi connectivity index (χ0) is 20.9. The number of nitriles is 1. The van der Waals surface area contributed by atoms with Gasteiger partial charge in [-0.25, -0.2) is 4.98 Å². The summed E-state index contributed by atoms with van der Waals surface area (Å²) in [5.41, 5.74) is 0.637. The Balaban J connectivity index is 1.60. The van der Waals surface area contributed by atoms with Crippen molar-refractivity contribution in [1.29, 1.82) is 5.26 Å². The van der Waals surface area contributed by atoms with Crippen LogP contribution >= 0.6 is 0 Å². The first kappa shape index (κ1) is 20.2. The number of allylic oxidation sites excluding steroid dienone is 1. The van der Waals surface area contributed by atoms with E-state index in [-0.39, 0.29) is 5.56 Å². The minimum absolute atomic E-state index is 0.0722. The number of aromatic nitrogens is 1. The molecule has 0 radical (unpaired) electrons. The number of nitrogens with zero attached hydrogens (tertiary/aromatic N) is 3. The fraction of sp³-hybridized carbons (Fsp3) is 0.250. The van der Waals surface area contributed by atoms with Crippen LogP contribution in [-0.2, 0) is 6.18 Å². The molecule has 0 amide bonds. The van der Waals surface area contributed by atoms with E-state index in [9.17, 15) is 13.2 Å². The number of anilines is 1. The molecule has 0 aliphatic carbocycles. The summed E-state index contributed by atoms with van der Waals surface area (Å²) in [6.07, 6.45) is -2.24. The first-order chi connectivity index (χ1) is 13.9. The van der Waals surface area contributed by atoms with Crippen LogP contribution in [0.4, 0.5) is 19.0 Å². The molecule has 1 aliphatic heterocycles. The molecule has 0 bridgehead atoms. The zero-order valence-corrected chi connectivity index (χ0v) is 15.6. The second-order valence-corrected chi connectivity index (χ2v) is 6.37. The smallest absolute Gasteiger partial charge is 0.370 e. The van der Waals surface area contributed by atoms with E-state index in [1.54, 1.807) is 24.4 Å². The molecule has 2 aromatic rings. The second-order valence-electron chi connectivity index (χ2n) is 6.37. The maximum absolute atomic E-state index is 13.3. The van der Waals surface area contributed by atoms with Crippen molar-refractivity contribution in [1.82, 2.24) is 15.6 Å². The fourth-order valence-electron chi connectivity index (χ4n) is 2.82. The average Bonchev–Trinajstić information content (AvgIpc) is 2.72. The van der Waals surface area contributed by atoms with Crippen molar-refractivity contribution < 1.29 is 13.2 Å². The molecule has 0 fully saturated rings. The van der Waals surface area contributed by atoms with Gasteiger partial charge in [-0.2, -0.15) is 18.4 Å². The van der Waals surface area contributed by atoms with E-state index in [1.165, 1.54) is 18.3 Å². The highest BCUT2D eigenvalue weighted by molar-refractivity contribution is 5.79. The molecule has 3 rings (SSSR count). The van der Waals surface area contributed by atoms with Crippen LogP contribution in [0.25, 0.3) is 0 Å². The number of hydrogen-bond acceptors (Lipinski definition) is 6. The van der Waals surface area contributed by atoms with Crippen molar-refractivity contribution in [2.24, 2.45) is 4.99 Å². The Bertz CT molecular complexity index is 957. The second kappa shape index (κ2) is 8.65. The Labute approximate surface area is 166 Å². The number of halogens is 3. The first-order valence-electron chi connectivity index (χ1n) is 8.89. The van der Waals surface area contributed by atoms with Crippen LogP contribution in [-0.4, -0.2) is 24.3 Å². The largest absolute Gasteiger partial charge is 0.416 e. The van der Waals surface area contributed by atoms with E-state index in [0.717, 1.165) is 11.6 Å². The van der Waals surface area contributed by atoms with E-state index in [2.05, 4.69) is 25.9 Å². The van der Waals surface area contributed by atoms with Gasteiger partial charge in [0, 0.05) is 36.6 Å². The average molecular weight is 400 g/mol. The van der Waals surface area contributed by atoms with Gasteiger partial charge in [0.2, 0.25) is 0 Å². The molecule has 0 saturated carbocycles. The van der Waals surface area contributed by atoms with Gasteiger partial charge in [-0.15, -0.1) is 0 Å². The fourth-order valence-corrected chi connectivity index (χ4v) is 2.82. The number of pyridine rings is 1. The Morgan fingerprint density at radius 2 is 1.90 bits per heavy atom. The van der Waals surface area contributed by atoms with Crippen LogP contribution in [0.15, 0.2) is 59.0 Å². The van der Waals surface area contributed by atoms with E-state index in [1.807, 2.05) is 13.0 Å². The lowest BCUT2D eigenvalue weighted by molar-refractivity contribution is -0.138. The summed E-state index contributed by atoms with van der Waals surface area (Å²) in [6, 6.07) is 10.8. The lowest BCUT2D eigenvalue weighted by Gasteiger charge is -2.26. The molecule has 1 unspecified atom stereocenters. The van der Waals surface area contributed by atoms with Crippen molar-refractivity contribution >= 4 is 12.0 Å². The van der Waals surface area contributed by atoms with E-state index in [4.69, 9.17) is 5.26 Å². The van der Waals surface area contributed by atoms with Crippen LogP contribution < -0.4 is 16.0 Å². The summed E-state index contributed by atoms with van der Waals surface area (Å²) in [7, 11) is 0. The molecule has 150 valence electrons. The number of hydrogen-bond donors (Lipinski definition) is 3. The van der Waals surface area contributed by atoms with E-state index in [0.29, 0.717) is 30.3 Å². The van der Waals surface area contributed by atoms with E-state index < -0.39 is 17.9 Å². The summed E-state index contributed by atoms with van der Waals surface area (Å²) in [5, 5.41) is 18.1. The molecule has 3 N–H and O–H groups in total. The van der Waals surface area contributed by atoms with Gasteiger partial charge >= 0.3 is 6.18 Å². The quantitative estimate of drug-likeness (QED) is 0.646. The van der Waals surface area contributed by atoms with Crippen LogP contribution in [0.1, 0.15) is 29.8 Å². The summed E-state index contributed by atoms with van der Waals surface area (Å²) < 4.78 is 39.9. The zero-order valence-electron chi connectivity index (χ0n) is 15.6. The highest BCUT2D eigenvalue weighted by atomic mass is 19.4. The maximum atomic E-state index is 13.3. The van der Waals surface area contributed by atoms with Gasteiger partial charge in [-0.3, -0.25) is 4.99 Å². The molecule has 1 aromatic heterocycles. The number of benzene rings is 1. The topological polar surface area (TPSA) is 85.1 Å². The Hall–Kier alpha value is -3.54. The third kappa shape index (κ3) is 5.04. The van der Waals surface area contributed by atoms with Crippen LogP contribution in [0.2, 0.25) is 0 Å². The van der Waals surface area contributed by atoms with Gasteiger partial charge < -0.3 is 16.0 Å². The van der Waals surface area contributed by atoms with Crippen molar-refractivity contribution in [2.75, 3.05) is 18.4 Å². The van der Waals surface area contributed by atoms with Gasteiger partial charge in [0.25, 0.3) is 0 Å². The Morgan fingerprint density at radius 3 is 2.59 bits per heavy atom. The van der Waals surface area contributed by atoms with Gasteiger partial charge in [0.15, 0.2) is 0 Å². The molecule has 1 atom stereocenters. The van der Waals surface area contributed by atoms with Crippen LogP contribution in [0.5, 0.6) is 0 Å². The first-order valence-corrected chi connectivity index (χ1v) is 8.89. The monoisotopic (exact) mass is 400 g/mol. The normalized spacial score (nSPS) is 16.2. The predicted molar refractivity (Wildman–Crippen MR) is 104 cm³/mol. The molecule has 0 saturated heterocycles. The van der Waals surface area contributed by atoms with Gasteiger partial charge in [-0.1, -0.05) is 18.2 Å². The molecular weight excluding hydrogens is 381 g/mol. The summed E-state index contributed by atoms with van der Waals surface area (Å²) in [4.78, 5) is 8.33. The van der Waals surface area contributed by atoms with Crippen molar-refractivity contribution in [3.63, 3.8) is 0 Å².